The van der Waals surface area contributed by atoms with Gasteiger partial charge in [0.2, 0.25) is 0 Å². The van der Waals surface area contributed by atoms with Gasteiger partial charge in [0.15, 0.2) is 0 Å². The van der Waals surface area contributed by atoms with Crippen molar-refractivity contribution in [2.24, 2.45) is 0 Å². The minimum atomic E-state index is -0.174. The van der Waals surface area contributed by atoms with Crippen molar-refractivity contribution < 1.29 is 4.79 Å². The SMILES string of the molecule is C=C(Br)CNC(=O)c1c(C)nc(C)nc1SC. The van der Waals surface area contributed by atoms with Crippen LogP contribution in [0, 0.1) is 13.8 Å². The van der Waals surface area contributed by atoms with Crippen LogP contribution in [0.15, 0.2) is 16.1 Å². The number of nitrogens with one attached hydrogen (secondary N) is 1. The second-order valence-corrected chi connectivity index (χ2v) is 5.36. The molecule has 1 rings (SSSR count). The molecule has 1 amide bonds. The molecule has 6 heteroatoms. The number of thioether (sulfide) groups is 1. The molecule has 92 valence electrons. The molecule has 0 aromatic carbocycles. The zero-order valence-electron chi connectivity index (χ0n) is 10.0. The van der Waals surface area contributed by atoms with Crippen LogP contribution in [0.4, 0.5) is 0 Å². The van der Waals surface area contributed by atoms with Crippen LogP contribution in [0.2, 0.25) is 0 Å². The Balaban J connectivity index is 3.03. The third-order valence-electron chi connectivity index (χ3n) is 2.03. The van der Waals surface area contributed by atoms with E-state index >= 15 is 0 Å². The van der Waals surface area contributed by atoms with Crippen LogP contribution >= 0.6 is 27.7 Å². The van der Waals surface area contributed by atoms with Crippen LogP contribution < -0.4 is 5.32 Å². The van der Waals surface area contributed by atoms with E-state index in [-0.39, 0.29) is 5.91 Å². The molecule has 1 N–H and O–H groups in total. The van der Waals surface area contributed by atoms with Crippen molar-refractivity contribution in [2.75, 3.05) is 12.8 Å². The molecule has 0 bridgehead atoms. The number of carbonyl (C=O) groups is 1. The monoisotopic (exact) mass is 315 g/mol. The lowest BCUT2D eigenvalue weighted by Crippen LogP contribution is -2.26. The van der Waals surface area contributed by atoms with E-state index in [0.29, 0.717) is 28.7 Å². The quantitative estimate of drug-likeness (QED) is 0.685. The molecule has 0 aliphatic carbocycles. The van der Waals surface area contributed by atoms with Gasteiger partial charge in [0, 0.05) is 11.0 Å². The van der Waals surface area contributed by atoms with Gasteiger partial charge in [-0.3, -0.25) is 4.79 Å². The molecular formula is C11H14BrN3OS. The van der Waals surface area contributed by atoms with E-state index in [9.17, 15) is 4.79 Å². The molecule has 4 nitrogen and oxygen atoms in total. The van der Waals surface area contributed by atoms with Crippen molar-refractivity contribution in [1.82, 2.24) is 15.3 Å². The molecule has 0 aliphatic rings. The van der Waals surface area contributed by atoms with Crippen molar-refractivity contribution in [3.05, 3.63) is 28.1 Å². The molecular weight excluding hydrogens is 302 g/mol. The summed E-state index contributed by atoms with van der Waals surface area (Å²) >= 11 is 4.64. The third kappa shape index (κ3) is 3.81. The number of rotatable bonds is 4. The third-order valence-corrected chi connectivity index (χ3v) is 2.99. The summed E-state index contributed by atoms with van der Waals surface area (Å²) in [5.41, 5.74) is 1.23. The number of nitrogens with zero attached hydrogens (tertiary/aromatic N) is 2. The summed E-state index contributed by atoms with van der Waals surface area (Å²) < 4.78 is 0.724. The zero-order valence-corrected chi connectivity index (χ0v) is 12.4. The van der Waals surface area contributed by atoms with Crippen LogP contribution in [0.3, 0.4) is 0 Å². The van der Waals surface area contributed by atoms with E-state index < -0.39 is 0 Å². The maximum absolute atomic E-state index is 12.0. The lowest BCUT2D eigenvalue weighted by atomic mass is 10.2. The number of hydrogen-bond acceptors (Lipinski definition) is 4. The van der Waals surface area contributed by atoms with Crippen molar-refractivity contribution in [3.8, 4) is 0 Å². The Morgan fingerprint density at radius 3 is 2.65 bits per heavy atom. The highest BCUT2D eigenvalue weighted by atomic mass is 79.9. The smallest absolute Gasteiger partial charge is 0.256 e. The second kappa shape index (κ2) is 6.16. The molecule has 0 spiro atoms. The number of halogens is 1. The first kappa shape index (κ1) is 14.2. The van der Waals surface area contributed by atoms with Crippen molar-refractivity contribution >= 4 is 33.6 Å². The van der Waals surface area contributed by atoms with Crippen LogP contribution in [0.1, 0.15) is 21.9 Å². The molecule has 0 saturated heterocycles. The highest BCUT2D eigenvalue weighted by Gasteiger charge is 2.16. The molecule has 17 heavy (non-hydrogen) atoms. The van der Waals surface area contributed by atoms with Gasteiger partial charge in [0.1, 0.15) is 10.9 Å². The van der Waals surface area contributed by atoms with E-state index in [4.69, 9.17) is 0 Å². The van der Waals surface area contributed by atoms with Gasteiger partial charge in [-0.1, -0.05) is 22.5 Å². The normalized spacial score (nSPS) is 10.1. The number of amides is 1. The van der Waals surface area contributed by atoms with Gasteiger partial charge >= 0.3 is 0 Å². The Kier molecular flexibility index (Phi) is 5.14. The summed E-state index contributed by atoms with van der Waals surface area (Å²) in [6.07, 6.45) is 1.89. The maximum atomic E-state index is 12.0. The number of carbonyl (C=O) groups excluding carboxylic acids is 1. The van der Waals surface area contributed by atoms with E-state index in [2.05, 4.69) is 37.8 Å². The van der Waals surface area contributed by atoms with E-state index in [0.717, 1.165) is 4.48 Å². The lowest BCUT2D eigenvalue weighted by Gasteiger charge is -2.10. The predicted molar refractivity (Wildman–Crippen MR) is 73.7 cm³/mol. The summed E-state index contributed by atoms with van der Waals surface area (Å²) in [5, 5.41) is 3.46. The number of aryl methyl sites for hydroxylation is 2. The standard InChI is InChI=1S/C11H14BrN3OS/c1-6(12)5-13-10(16)9-7(2)14-8(3)15-11(9)17-4/h1,5H2,2-4H3,(H,13,16). The highest BCUT2D eigenvalue weighted by Crippen LogP contribution is 2.20. The molecule has 1 heterocycles. The van der Waals surface area contributed by atoms with Crippen LogP contribution in [-0.4, -0.2) is 28.7 Å². The largest absolute Gasteiger partial charge is 0.347 e. The molecule has 0 saturated carbocycles. The first-order valence-electron chi connectivity index (χ1n) is 4.96. The fourth-order valence-electron chi connectivity index (χ4n) is 1.35. The highest BCUT2D eigenvalue weighted by molar-refractivity contribution is 9.11. The van der Waals surface area contributed by atoms with Crippen molar-refractivity contribution in [1.29, 1.82) is 0 Å². The first-order chi connectivity index (χ1) is 7.95. The first-order valence-corrected chi connectivity index (χ1v) is 6.98. The van der Waals surface area contributed by atoms with Gasteiger partial charge in [-0.2, -0.15) is 0 Å². The Morgan fingerprint density at radius 2 is 2.12 bits per heavy atom. The average Bonchev–Trinajstić information content (AvgIpc) is 2.24. The molecule has 0 aliphatic heterocycles. The fourth-order valence-corrected chi connectivity index (χ4v) is 2.16. The number of hydrogen-bond donors (Lipinski definition) is 1. The Bertz CT molecular complexity index is 462. The van der Waals surface area contributed by atoms with Crippen LogP contribution in [0.5, 0.6) is 0 Å². The van der Waals surface area contributed by atoms with Gasteiger partial charge < -0.3 is 5.32 Å². The Morgan fingerprint density at radius 1 is 1.47 bits per heavy atom. The Hall–Kier alpha value is -0.880. The average molecular weight is 316 g/mol. The van der Waals surface area contributed by atoms with Gasteiger partial charge in [0.05, 0.1) is 11.3 Å². The summed E-state index contributed by atoms with van der Waals surface area (Å²) in [6.45, 7) is 7.68. The molecule has 0 fully saturated rings. The predicted octanol–water partition coefficient (Wildman–Crippen LogP) is 2.45. The Labute approximate surface area is 113 Å². The summed E-state index contributed by atoms with van der Waals surface area (Å²) in [5.74, 6) is 0.501. The molecule has 1 aromatic rings. The van der Waals surface area contributed by atoms with E-state index in [1.165, 1.54) is 11.8 Å². The lowest BCUT2D eigenvalue weighted by molar-refractivity contribution is 0.0953. The fraction of sp³-hybridized carbons (Fsp3) is 0.364. The van der Waals surface area contributed by atoms with E-state index in [1.54, 1.807) is 0 Å². The van der Waals surface area contributed by atoms with Crippen LogP contribution in [-0.2, 0) is 0 Å². The van der Waals surface area contributed by atoms with Crippen molar-refractivity contribution in [3.63, 3.8) is 0 Å². The van der Waals surface area contributed by atoms with Crippen molar-refractivity contribution in [2.45, 2.75) is 18.9 Å². The molecule has 0 radical (unpaired) electrons. The molecule has 1 aromatic heterocycles. The summed E-state index contributed by atoms with van der Waals surface area (Å²) in [4.78, 5) is 20.5. The topological polar surface area (TPSA) is 54.9 Å². The van der Waals surface area contributed by atoms with E-state index in [1.807, 2.05) is 20.1 Å². The number of aromatic nitrogens is 2. The molecule has 0 unspecified atom stereocenters. The van der Waals surface area contributed by atoms with Crippen LogP contribution in [0.25, 0.3) is 0 Å². The minimum absolute atomic E-state index is 0.174. The zero-order chi connectivity index (χ0) is 13.0. The van der Waals surface area contributed by atoms with Gasteiger partial charge in [-0.05, 0) is 20.1 Å². The maximum Gasteiger partial charge on any atom is 0.256 e. The molecule has 0 atom stereocenters. The van der Waals surface area contributed by atoms with Gasteiger partial charge in [0.25, 0.3) is 5.91 Å². The summed E-state index contributed by atoms with van der Waals surface area (Å²) in [6, 6.07) is 0. The summed E-state index contributed by atoms with van der Waals surface area (Å²) in [7, 11) is 0. The van der Waals surface area contributed by atoms with Gasteiger partial charge in [-0.25, -0.2) is 9.97 Å². The van der Waals surface area contributed by atoms with Gasteiger partial charge in [-0.15, -0.1) is 11.8 Å². The second-order valence-electron chi connectivity index (χ2n) is 3.44. The minimum Gasteiger partial charge on any atom is -0.347 e.